The number of aromatic hydroxyl groups is 1. The van der Waals surface area contributed by atoms with Crippen molar-refractivity contribution in [2.75, 3.05) is 0 Å². The SMILES string of the molecule is CC1=[C-]CC=C1.C[C](C)=[Ti+].Cc1cc(O)cc(C(C)(C)C)c1.Cl.Cl. The van der Waals surface area contributed by atoms with Crippen molar-refractivity contribution >= 4 is 28.6 Å². The molecule has 1 aliphatic carbocycles. The van der Waals surface area contributed by atoms with E-state index >= 15 is 0 Å². The maximum atomic E-state index is 9.36. The third-order valence-corrected chi connectivity index (χ3v) is 2.79. The molecule has 0 radical (unpaired) electrons. The molecule has 0 saturated carbocycles. The first-order valence-electron chi connectivity index (χ1n) is 7.59. The molecule has 0 atom stereocenters. The molecule has 1 aliphatic rings. The number of aryl methyl sites for hydroxylation is 1. The predicted molar refractivity (Wildman–Crippen MR) is 109 cm³/mol. The molecule has 1 nitrogen and oxygen atoms in total. The molecule has 1 aromatic carbocycles. The summed E-state index contributed by atoms with van der Waals surface area (Å²) >= 11 is 2.08. The first-order valence-corrected chi connectivity index (χ1v) is 8.37. The van der Waals surface area contributed by atoms with Gasteiger partial charge in [-0.25, -0.2) is 11.6 Å². The van der Waals surface area contributed by atoms with E-state index in [0.29, 0.717) is 5.75 Å². The van der Waals surface area contributed by atoms with Crippen LogP contribution in [0.25, 0.3) is 0 Å². The number of allylic oxidation sites excluding steroid dienone is 4. The normalized spacial score (nSPS) is 11.6. The molecule has 0 amide bonds. The first-order chi connectivity index (χ1) is 10.0. The van der Waals surface area contributed by atoms with Crippen LogP contribution in [0.15, 0.2) is 35.9 Å². The van der Waals surface area contributed by atoms with E-state index in [4.69, 9.17) is 0 Å². The first kappa shape index (κ1) is 28.5. The summed E-state index contributed by atoms with van der Waals surface area (Å²) in [6.45, 7) is 14.6. The van der Waals surface area contributed by atoms with Crippen LogP contribution in [-0.4, -0.2) is 8.92 Å². The van der Waals surface area contributed by atoms with Crippen molar-refractivity contribution < 1.29 is 25.1 Å². The molecule has 0 spiro atoms. The zero-order valence-corrected chi connectivity index (χ0v) is 19.1. The van der Waals surface area contributed by atoms with Crippen molar-refractivity contribution in [3.8, 4) is 5.75 Å². The smallest absolute Gasteiger partial charge is 0.116 e. The van der Waals surface area contributed by atoms with Crippen LogP contribution in [0.1, 0.15) is 59.1 Å². The van der Waals surface area contributed by atoms with Crippen molar-refractivity contribution in [1.82, 2.24) is 0 Å². The van der Waals surface area contributed by atoms with Gasteiger partial charge in [-0.05, 0) is 35.6 Å². The van der Waals surface area contributed by atoms with E-state index in [-0.39, 0.29) is 30.2 Å². The summed E-state index contributed by atoms with van der Waals surface area (Å²) in [7, 11) is 0. The molecule has 0 aromatic heterocycles. The van der Waals surface area contributed by atoms with E-state index in [1.165, 1.54) is 14.9 Å². The van der Waals surface area contributed by atoms with Crippen molar-refractivity contribution in [3.05, 3.63) is 53.1 Å². The molecule has 1 aromatic rings. The quantitative estimate of drug-likeness (QED) is 0.397. The second-order valence-corrected chi connectivity index (χ2v) is 8.34. The van der Waals surface area contributed by atoms with Gasteiger partial charge in [-0.3, -0.25) is 6.08 Å². The van der Waals surface area contributed by atoms with Crippen LogP contribution < -0.4 is 0 Å². The van der Waals surface area contributed by atoms with Crippen molar-refractivity contribution in [1.29, 1.82) is 0 Å². The van der Waals surface area contributed by atoms with Gasteiger partial charge in [0.25, 0.3) is 0 Å². The molecule has 0 unspecified atom stereocenters. The zero-order valence-electron chi connectivity index (χ0n) is 15.9. The van der Waals surface area contributed by atoms with E-state index in [1.54, 1.807) is 6.07 Å². The Morgan fingerprint density at radius 1 is 1.08 bits per heavy atom. The molecule has 2 rings (SSSR count). The van der Waals surface area contributed by atoms with Crippen molar-refractivity contribution in [2.24, 2.45) is 0 Å². The molecule has 0 aliphatic heterocycles. The molecule has 0 bridgehead atoms. The summed E-state index contributed by atoms with van der Waals surface area (Å²) in [6, 6.07) is 5.71. The van der Waals surface area contributed by atoms with Crippen molar-refractivity contribution in [3.63, 3.8) is 0 Å². The zero-order chi connectivity index (χ0) is 17.3. The standard InChI is InChI=1S/C11H16O.C6H7.C3H6.2ClH.Ti/c1-8-5-9(11(2,3)4)7-10(12)6-8;1-6-4-2-3-5-6;1-3-2;;;/h5-7,12H,1-4H3;2,4H,3H2,1H3;1-2H3;2*1H;/q;-1;;;;+1. The van der Waals surface area contributed by atoms with Gasteiger partial charge in [-0.1, -0.05) is 33.8 Å². The van der Waals surface area contributed by atoms with Crippen molar-refractivity contribution in [2.45, 2.75) is 60.3 Å². The summed E-state index contributed by atoms with van der Waals surface area (Å²) in [6.07, 6.45) is 8.33. The van der Waals surface area contributed by atoms with Gasteiger partial charge in [-0.2, -0.15) is 6.08 Å². The summed E-state index contributed by atoms with van der Waals surface area (Å²) < 4.78 is 1.42. The summed E-state index contributed by atoms with van der Waals surface area (Å²) in [5, 5.41) is 9.36. The van der Waals surface area contributed by atoms with Crippen LogP contribution in [-0.2, 0) is 25.4 Å². The van der Waals surface area contributed by atoms with Gasteiger partial charge in [-0.15, -0.1) is 31.2 Å². The Kier molecular flexibility index (Phi) is 16.5. The second kappa shape index (κ2) is 13.9. The van der Waals surface area contributed by atoms with E-state index in [9.17, 15) is 5.11 Å². The van der Waals surface area contributed by atoms with Crippen LogP contribution in [0.4, 0.5) is 0 Å². The molecular weight excluding hydrogens is 375 g/mol. The van der Waals surface area contributed by atoms with Gasteiger partial charge in [0.1, 0.15) is 5.75 Å². The minimum absolute atomic E-state index is 0. The summed E-state index contributed by atoms with van der Waals surface area (Å²) in [5.74, 6) is 0.361. The number of phenols is 1. The minimum Gasteiger partial charge on any atom is -0.508 e. The fourth-order valence-corrected chi connectivity index (χ4v) is 1.71. The Morgan fingerprint density at radius 3 is 1.83 bits per heavy atom. The van der Waals surface area contributed by atoms with E-state index in [1.807, 2.05) is 13.0 Å². The topological polar surface area (TPSA) is 20.2 Å². The fourth-order valence-electron chi connectivity index (χ4n) is 1.71. The molecule has 1 N–H and O–H groups in total. The Morgan fingerprint density at radius 2 is 1.58 bits per heavy atom. The van der Waals surface area contributed by atoms with Gasteiger partial charge < -0.3 is 5.11 Å². The van der Waals surface area contributed by atoms with Crippen LogP contribution in [0.3, 0.4) is 0 Å². The number of hydrogen-bond acceptors (Lipinski definition) is 1. The monoisotopic (exact) mass is 405 g/mol. The summed E-state index contributed by atoms with van der Waals surface area (Å²) in [5.41, 5.74) is 3.68. The second-order valence-electron chi connectivity index (χ2n) is 6.77. The Balaban J connectivity index is -0.000000311. The molecule has 135 valence electrons. The number of hydrogen-bond donors (Lipinski definition) is 1. The summed E-state index contributed by atoms with van der Waals surface area (Å²) in [4.78, 5) is 0. The predicted octanol–water partition coefficient (Wildman–Crippen LogP) is 6.28. The van der Waals surface area contributed by atoms with Crippen LogP contribution in [0, 0.1) is 13.0 Å². The third kappa shape index (κ3) is 15.2. The number of benzene rings is 1. The Hall–Kier alpha value is -0.336. The molecule has 0 fully saturated rings. The minimum atomic E-state index is 0. The maximum absolute atomic E-state index is 9.36. The molecule has 4 heteroatoms. The molecular formula is C20H31Cl2OTi. The third-order valence-electron chi connectivity index (χ3n) is 2.79. The average Bonchev–Trinajstić information content (AvgIpc) is 2.78. The van der Waals surface area contributed by atoms with E-state index in [0.717, 1.165) is 12.0 Å². The van der Waals surface area contributed by atoms with Gasteiger partial charge in [0.2, 0.25) is 0 Å². The van der Waals surface area contributed by atoms with Crippen LogP contribution in [0.5, 0.6) is 5.75 Å². The van der Waals surface area contributed by atoms with Crippen LogP contribution >= 0.6 is 24.8 Å². The number of rotatable bonds is 0. The Bertz CT molecular complexity index is 528. The fraction of sp³-hybridized carbons (Fsp3) is 0.450. The average molecular weight is 406 g/mol. The number of halogens is 2. The van der Waals surface area contributed by atoms with Gasteiger partial charge in [0.15, 0.2) is 0 Å². The van der Waals surface area contributed by atoms with Crippen LogP contribution in [0.2, 0.25) is 0 Å². The maximum Gasteiger partial charge on any atom is 0.116 e. The van der Waals surface area contributed by atoms with E-state index in [2.05, 4.69) is 85.8 Å². The number of phenolic OH excluding ortho intramolecular Hbond substituents is 1. The Labute approximate surface area is 172 Å². The molecule has 24 heavy (non-hydrogen) atoms. The van der Waals surface area contributed by atoms with Gasteiger partial charge in [0.05, 0.1) is 0 Å². The van der Waals surface area contributed by atoms with E-state index < -0.39 is 0 Å². The van der Waals surface area contributed by atoms with Gasteiger partial charge >= 0.3 is 37.6 Å². The molecule has 0 saturated heterocycles. The van der Waals surface area contributed by atoms with Gasteiger partial charge in [0, 0.05) is 0 Å². The largest absolute Gasteiger partial charge is 0.508 e. The molecule has 0 heterocycles.